The van der Waals surface area contributed by atoms with Crippen molar-refractivity contribution in [3.8, 4) is 11.1 Å². The van der Waals surface area contributed by atoms with E-state index in [1.165, 1.54) is 20.0 Å². The average Bonchev–Trinajstić information content (AvgIpc) is 3.16. The first kappa shape index (κ1) is 24.5. The molecule has 0 bridgehead atoms. The molecule has 1 aliphatic carbocycles. The minimum atomic E-state index is -1.11. The minimum absolute atomic E-state index is 0.0672. The number of nitrogens with zero attached hydrogens (tertiary/aromatic N) is 1. The Morgan fingerprint density at radius 2 is 1.63 bits per heavy atom. The first-order valence-corrected chi connectivity index (χ1v) is 11.9. The predicted octanol–water partition coefficient (Wildman–Crippen LogP) is 5.66. The molecule has 4 rings (SSSR count). The fourth-order valence-corrected chi connectivity index (χ4v) is 4.87. The SMILES string of the molecule is Cc1cc(Br)c(C(=O)N(C)C(C)C(=O)O)cc1NC(=O)OCC1c2ccccc2-c2ccccc21. The number of ether oxygens (including phenoxy) is 1. The van der Waals surface area contributed by atoms with Gasteiger partial charge in [-0.15, -0.1) is 0 Å². The molecule has 0 aliphatic heterocycles. The maximum absolute atomic E-state index is 12.9. The molecule has 180 valence electrons. The molecule has 2 N–H and O–H groups in total. The molecule has 35 heavy (non-hydrogen) atoms. The van der Waals surface area contributed by atoms with Gasteiger partial charge in [-0.1, -0.05) is 48.5 Å². The summed E-state index contributed by atoms with van der Waals surface area (Å²) in [6.45, 7) is 3.39. The zero-order valence-electron chi connectivity index (χ0n) is 19.5. The van der Waals surface area contributed by atoms with E-state index >= 15 is 0 Å². The molecule has 8 heteroatoms. The van der Waals surface area contributed by atoms with E-state index in [1.807, 2.05) is 36.4 Å². The molecule has 0 heterocycles. The van der Waals surface area contributed by atoms with Gasteiger partial charge in [-0.2, -0.15) is 0 Å². The number of benzene rings is 3. The molecular formula is C27H25BrN2O5. The number of anilines is 1. The summed E-state index contributed by atoms with van der Waals surface area (Å²) in [6.07, 6.45) is -0.636. The number of likely N-dealkylation sites (N-methyl/N-ethyl adjacent to an activating group) is 1. The number of halogens is 1. The smallest absolute Gasteiger partial charge is 0.411 e. The summed E-state index contributed by atoms with van der Waals surface area (Å²) in [6, 6.07) is 18.4. The number of nitrogens with one attached hydrogen (secondary N) is 1. The lowest BCUT2D eigenvalue weighted by Gasteiger charge is -2.23. The molecule has 0 fully saturated rings. The van der Waals surface area contributed by atoms with Crippen molar-refractivity contribution >= 4 is 39.6 Å². The van der Waals surface area contributed by atoms with Crippen LogP contribution >= 0.6 is 15.9 Å². The number of aliphatic carboxylic acids is 1. The number of carbonyl (C=O) groups is 3. The van der Waals surface area contributed by atoms with Crippen LogP contribution in [0.25, 0.3) is 11.1 Å². The van der Waals surface area contributed by atoms with Crippen molar-refractivity contribution in [1.82, 2.24) is 4.90 Å². The monoisotopic (exact) mass is 536 g/mol. The molecule has 1 aliphatic rings. The number of rotatable bonds is 6. The van der Waals surface area contributed by atoms with Gasteiger partial charge in [0.1, 0.15) is 12.6 Å². The largest absolute Gasteiger partial charge is 0.480 e. The Bertz CT molecular complexity index is 1280. The van der Waals surface area contributed by atoms with E-state index in [0.29, 0.717) is 10.2 Å². The molecule has 0 radical (unpaired) electrons. The number of amides is 2. The summed E-state index contributed by atoms with van der Waals surface area (Å²) >= 11 is 3.37. The van der Waals surface area contributed by atoms with Crippen LogP contribution in [0, 0.1) is 6.92 Å². The van der Waals surface area contributed by atoms with Crippen molar-refractivity contribution in [2.45, 2.75) is 25.8 Å². The lowest BCUT2D eigenvalue weighted by atomic mass is 9.98. The summed E-state index contributed by atoms with van der Waals surface area (Å²) in [4.78, 5) is 38.0. The van der Waals surface area contributed by atoms with E-state index in [1.54, 1.807) is 13.0 Å². The van der Waals surface area contributed by atoms with Crippen LogP contribution in [0.5, 0.6) is 0 Å². The van der Waals surface area contributed by atoms with Crippen LogP contribution in [0.4, 0.5) is 10.5 Å². The molecule has 7 nitrogen and oxygen atoms in total. The van der Waals surface area contributed by atoms with Crippen LogP contribution in [0.1, 0.15) is 39.9 Å². The van der Waals surface area contributed by atoms with Gasteiger partial charge in [-0.25, -0.2) is 9.59 Å². The van der Waals surface area contributed by atoms with Crippen LogP contribution in [0.15, 0.2) is 65.1 Å². The van der Waals surface area contributed by atoms with Crippen molar-refractivity contribution in [3.05, 3.63) is 87.4 Å². The average molecular weight is 537 g/mol. The fourth-order valence-electron chi connectivity index (χ4n) is 4.25. The number of aryl methyl sites for hydroxylation is 1. The third-order valence-electron chi connectivity index (χ3n) is 6.38. The molecule has 0 saturated carbocycles. The summed E-state index contributed by atoms with van der Waals surface area (Å²) < 4.78 is 6.11. The molecule has 0 aromatic heterocycles. The van der Waals surface area contributed by atoms with E-state index in [0.717, 1.165) is 32.7 Å². The first-order valence-electron chi connectivity index (χ1n) is 11.1. The Morgan fingerprint density at radius 1 is 1.06 bits per heavy atom. The Balaban J connectivity index is 1.50. The topological polar surface area (TPSA) is 95.9 Å². The fraction of sp³-hybridized carbons (Fsp3) is 0.222. The Hall–Kier alpha value is -3.65. The Morgan fingerprint density at radius 3 is 2.20 bits per heavy atom. The molecular weight excluding hydrogens is 512 g/mol. The van der Waals surface area contributed by atoms with Gasteiger partial charge in [-0.05, 0) is 69.7 Å². The van der Waals surface area contributed by atoms with Crippen LogP contribution in [0.2, 0.25) is 0 Å². The van der Waals surface area contributed by atoms with Crippen molar-refractivity contribution < 1.29 is 24.2 Å². The third-order valence-corrected chi connectivity index (χ3v) is 7.04. The number of carbonyl (C=O) groups excluding carboxylic acids is 2. The van der Waals surface area contributed by atoms with Crippen LogP contribution in [-0.2, 0) is 9.53 Å². The quantitative estimate of drug-likeness (QED) is 0.423. The zero-order valence-corrected chi connectivity index (χ0v) is 21.1. The van der Waals surface area contributed by atoms with Gasteiger partial charge in [0, 0.05) is 23.1 Å². The highest BCUT2D eigenvalue weighted by Crippen LogP contribution is 2.44. The van der Waals surface area contributed by atoms with E-state index in [2.05, 4.69) is 33.4 Å². The number of carboxylic acids is 1. The van der Waals surface area contributed by atoms with E-state index in [9.17, 15) is 19.5 Å². The molecule has 2 amide bonds. The Kier molecular flexibility index (Phi) is 6.93. The normalized spacial score (nSPS) is 12.9. The maximum atomic E-state index is 12.9. The highest BCUT2D eigenvalue weighted by Gasteiger charge is 2.29. The van der Waals surface area contributed by atoms with Gasteiger partial charge < -0.3 is 14.7 Å². The first-order chi connectivity index (χ1) is 16.7. The zero-order chi connectivity index (χ0) is 25.3. The molecule has 0 saturated heterocycles. The second-order valence-corrected chi connectivity index (χ2v) is 9.38. The lowest BCUT2D eigenvalue weighted by Crippen LogP contribution is -2.40. The third kappa shape index (κ3) is 4.79. The number of hydrogen-bond donors (Lipinski definition) is 2. The molecule has 1 atom stereocenters. The van der Waals surface area contributed by atoms with Gasteiger partial charge in [-0.3, -0.25) is 10.1 Å². The van der Waals surface area contributed by atoms with Crippen LogP contribution < -0.4 is 5.32 Å². The van der Waals surface area contributed by atoms with Gasteiger partial charge in [0.15, 0.2) is 0 Å². The van der Waals surface area contributed by atoms with Gasteiger partial charge in [0.25, 0.3) is 5.91 Å². The summed E-state index contributed by atoms with van der Waals surface area (Å²) in [5.74, 6) is -1.66. The molecule has 1 unspecified atom stereocenters. The van der Waals surface area contributed by atoms with E-state index < -0.39 is 24.0 Å². The van der Waals surface area contributed by atoms with Crippen molar-refractivity contribution in [3.63, 3.8) is 0 Å². The number of carboxylic acid groups (broad SMARTS) is 1. The van der Waals surface area contributed by atoms with Crippen LogP contribution in [0.3, 0.4) is 0 Å². The van der Waals surface area contributed by atoms with E-state index in [-0.39, 0.29) is 18.1 Å². The summed E-state index contributed by atoms with van der Waals surface area (Å²) in [5.41, 5.74) is 5.88. The minimum Gasteiger partial charge on any atom is -0.480 e. The van der Waals surface area contributed by atoms with Crippen molar-refractivity contribution in [2.75, 3.05) is 19.0 Å². The van der Waals surface area contributed by atoms with Crippen LogP contribution in [-0.4, -0.2) is 47.7 Å². The maximum Gasteiger partial charge on any atom is 0.411 e. The van der Waals surface area contributed by atoms with Crippen molar-refractivity contribution in [2.24, 2.45) is 0 Å². The molecule has 3 aromatic rings. The van der Waals surface area contributed by atoms with E-state index in [4.69, 9.17) is 4.74 Å². The summed E-state index contributed by atoms with van der Waals surface area (Å²) in [7, 11) is 1.42. The van der Waals surface area contributed by atoms with Gasteiger partial charge in [0.05, 0.1) is 5.56 Å². The highest BCUT2D eigenvalue weighted by atomic mass is 79.9. The number of fused-ring (bicyclic) bond motifs is 3. The van der Waals surface area contributed by atoms with Gasteiger partial charge in [0.2, 0.25) is 0 Å². The summed E-state index contributed by atoms with van der Waals surface area (Å²) in [5, 5.41) is 12.0. The van der Waals surface area contributed by atoms with Gasteiger partial charge >= 0.3 is 12.1 Å². The number of hydrogen-bond acceptors (Lipinski definition) is 4. The lowest BCUT2D eigenvalue weighted by molar-refractivity contribution is -0.141. The molecule has 0 spiro atoms. The Labute approximate surface area is 211 Å². The van der Waals surface area contributed by atoms with Crippen molar-refractivity contribution in [1.29, 1.82) is 0 Å². The molecule has 3 aromatic carbocycles. The second kappa shape index (κ2) is 9.92. The highest BCUT2D eigenvalue weighted by molar-refractivity contribution is 9.10. The second-order valence-electron chi connectivity index (χ2n) is 8.53. The standard InChI is InChI=1S/C27H25BrN2O5/c1-15-12-23(28)21(25(31)30(3)16(2)26(32)33)13-24(15)29-27(34)35-14-22-19-10-6-4-8-17(19)18-9-5-7-11-20(18)22/h4-13,16,22H,14H2,1-3H3,(H,29,34)(H,32,33). The predicted molar refractivity (Wildman–Crippen MR) is 137 cm³/mol.